The summed E-state index contributed by atoms with van der Waals surface area (Å²) in [7, 11) is 0. The number of halogens is 1. The Morgan fingerprint density at radius 2 is 1.77 bits per heavy atom. The van der Waals surface area contributed by atoms with E-state index in [4.69, 9.17) is 11.6 Å². The standard InChI is InChI=1S/C18H22ClN3/c1-18(16-9-5-6-10-21-16,22-13-11-20-12-14-22)17(19)15-7-3-2-4-8-15/h2-10,17,20H,11-14H2,1H3. The molecule has 2 heterocycles. The van der Waals surface area contributed by atoms with E-state index >= 15 is 0 Å². The smallest absolute Gasteiger partial charge is 0.0823 e. The van der Waals surface area contributed by atoms with Gasteiger partial charge in [-0.1, -0.05) is 36.4 Å². The van der Waals surface area contributed by atoms with Gasteiger partial charge in [0.2, 0.25) is 0 Å². The Labute approximate surface area is 137 Å². The zero-order chi connectivity index (χ0) is 15.4. The first-order chi connectivity index (χ1) is 10.7. The molecule has 1 aliphatic heterocycles. The van der Waals surface area contributed by atoms with Gasteiger partial charge in [-0.05, 0) is 24.6 Å². The number of nitrogens with zero attached hydrogens (tertiary/aromatic N) is 2. The Hall–Kier alpha value is -1.42. The van der Waals surface area contributed by atoms with Gasteiger partial charge in [-0.2, -0.15) is 0 Å². The Kier molecular flexibility index (Phi) is 4.77. The predicted octanol–water partition coefficient (Wildman–Crippen LogP) is 3.18. The number of hydrogen-bond acceptors (Lipinski definition) is 3. The van der Waals surface area contributed by atoms with Gasteiger partial charge in [0, 0.05) is 32.4 Å². The third-order valence-electron chi connectivity index (χ3n) is 4.54. The van der Waals surface area contributed by atoms with Gasteiger partial charge >= 0.3 is 0 Å². The van der Waals surface area contributed by atoms with Crippen molar-refractivity contribution in [2.45, 2.75) is 17.8 Å². The van der Waals surface area contributed by atoms with Crippen molar-refractivity contribution in [3.05, 3.63) is 66.0 Å². The summed E-state index contributed by atoms with van der Waals surface area (Å²) in [5.41, 5.74) is 1.84. The second kappa shape index (κ2) is 6.78. The molecule has 1 aromatic heterocycles. The Balaban J connectivity index is 2.02. The zero-order valence-electron chi connectivity index (χ0n) is 12.9. The first-order valence-corrected chi connectivity index (χ1v) is 8.23. The van der Waals surface area contributed by atoms with Gasteiger partial charge in [0.05, 0.1) is 16.6 Å². The third kappa shape index (κ3) is 2.89. The predicted molar refractivity (Wildman–Crippen MR) is 91.1 cm³/mol. The van der Waals surface area contributed by atoms with E-state index in [0.29, 0.717) is 0 Å². The van der Waals surface area contributed by atoms with Gasteiger partial charge in [0.15, 0.2) is 0 Å². The fourth-order valence-electron chi connectivity index (χ4n) is 3.19. The van der Waals surface area contributed by atoms with E-state index in [1.807, 2.05) is 36.5 Å². The van der Waals surface area contributed by atoms with Crippen molar-refractivity contribution in [3.63, 3.8) is 0 Å². The number of benzene rings is 1. The normalized spacial score (nSPS) is 20.3. The molecule has 22 heavy (non-hydrogen) atoms. The summed E-state index contributed by atoms with van der Waals surface area (Å²) in [4.78, 5) is 7.08. The minimum Gasteiger partial charge on any atom is -0.314 e. The lowest BCUT2D eigenvalue weighted by molar-refractivity contribution is 0.0779. The van der Waals surface area contributed by atoms with E-state index in [1.165, 1.54) is 0 Å². The molecule has 1 aliphatic rings. The Bertz CT molecular complexity index is 584. The van der Waals surface area contributed by atoms with Crippen molar-refractivity contribution in [3.8, 4) is 0 Å². The first-order valence-electron chi connectivity index (χ1n) is 7.79. The van der Waals surface area contributed by atoms with Crippen molar-refractivity contribution in [1.29, 1.82) is 0 Å². The van der Waals surface area contributed by atoms with Crippen LogP contribution < -0.4 is 5.32 Å². The maximum atomic E-state index is 6.98. The number of alkyl halides is 1. The van der Waals surface area contributed by atoms with Crippen molar-refractivity contribution in [2.75, 3.05) is 26.2 Å². The number of nitrogens with one attached hydrogen (secondary N) is 1. The maximum Gasteiger partial charge on any atom is 0.0823 e. The topological polar surface area (TPSA) is 28.2 Å². The van der Waals surface area contributed by atoms with Crippen LogP contribution in [0.3, 0.4) is 0 Å². The van der Waals surface area contributed by atoms with Crippen LogP contribution in [0, 0.1) is 0 Å². The molecular weight excluding hydrogens is 294 g/mol. The van der Waals surface area contributed by atoms with Gasteiger partial charge < -0.3 is 5.32 Å². The van der Waals surface area contributed by atoms with Gasteiger partial charge in [-0.3, -0.25) is 9.88 Å². The largest absolute Gasteiger partial charge is 0.314 e. The van der Waals surface area contributed by atoms with E-state index in [-0.39, 0.29) is 10.9 Å². The van der Waals surface area contributed by atoms with Crippen LogP contribution in [0.1, 0.15) is 23.6 Å². The van der Waals surface area contributed by atoms with Crippen LogP contribution in [0.5, 0.6) is 0 Å². The van der Waals surface area contributed by atoms with Crippen molar-refractivity contribution in [2.24, 2.45) is 0 Å². The monoisotopic (exact) mass is 315 g/mol. The summed E-state index contributed by atoms with van der Waals surface area (Å²) >= 11 is 6.98. The molecule has 1 N–H and O–H groups in total. The van der Waals surface area contributed by atoms with E-state index < -0.39 is 0 Å². The fourth-order valence-corrected chi connectivity index (χ4v) is 3.59. The molecule has 0 aliphatic carbocycles. The number of pyridine rings is 1. The molecule has 0 bridgehead atoms. The molecule has 116 valence electrons. The van der Waals surface area contributed by atoms with Gasteiger partial charge in [-0.15, -0.1) is 11.6 Å². The van der Waals surface area contributed by atoms with Crippen molar-refractivity contribution in [1.82, 2.24) is 15.2 Å². The molecule has 0 saturated carbocycles. The lowest BCUT2D eigenvalue weighted by atomic mass is 9.86. The molecule has 3 nitrogen and oxygen atoms in total. The lowest BCUT2D eigenvalue weighted by Gasteiger charge is -2.46. The summed E-state index contributed by atoms with van der Waals surface area (Å²) in [5.74, 6) is 0. The minimum absolute atomic E-state index is 0.151. The van der Waals surface area contributed by atoms with E-state index in [1.54, 1.807) is 0 Å². The van der Waals surface area contributed by atoms with Crippen molar-refractivity contribution < 1.29 is 0 Å². The number of aromatic nitrogens is 1. The van der Waals surface area contributed by atoms with Crippen LogP contribution in [-0.2, 0) is 5.54 Å². The highest BCUT2D eigenvalue weighted by molar-refractivity contribution is 6.21. The van der Waals surface area contributed by atoms with Gasteiger partial charge in [0.1, 0.15) is 0 Å². The summed E-state index contributed by atoms with van der Waals surface area (Å²) in [5, 5.41) is 3.26. The van der Waals surface area contributed by atoms with Crippen LogP contribution >= 0.6 is 11.6 Å². The second-order valence-corrected chi connectivity index (χ2v) is 6.31. The quantitative estimate of drug-likeness (QED) is 0.878. The SMILES string of the molecule is CC(c1ccccn1)(C(Cl)c1ccccc1)N1CCNCC1. The number of hydrogen-bond donors (Lipinski definition) is 1. The molecule has 2 atom stereocenters. The molecule has 1 saturated heterocycles. The molecule has 2 aromatic rings. The average molecular weight is 316 g/mol. The molecule has 2 unspecified atom stereocenters. The molecule has 1 fully saturated rings. The molecule has 4 heteroatoms. The highest BCUT2D eigenvalue weighted by Gasteiger charge is 2.42. The van der Waals surface area contributed by atoms with Gasteiger partial charge in [-0.25, -0.2) is 0 Å². The van der Waals surface area contributed by atoms with Crippen LogP contribution in [0.2, 0.25) is 0 Å². The Morgan fingerprint density at radius 1 is 1.09 bits per heavy atom. The van der Waals surface area contributed by atoms with E-state index in [2.05, 4.69) is 40.3 Å². The number of piperazine rings is 1. The summed E-state index contributed by atoms with van der Waals surface area (Å²) in [6.07, 6.45) is 1.85. The molecule has 0 radical (unpaired) electrons. The fraction of sp³-hybridized carbons (Fsp3) is 0.389. The Morgan fingerprint density at radius 3 is 2.41 bits per heavy atom. The highest BCUT2D eigenvalue weighted by atomic mass is 35.5. The first kappa shape index (κ1) is 15.5. The van der Waals surface area contributed by atoms with Crippen LogP contribution in [0.15, 0.2) is 54.7 Å². The van der Waals surface area contributed by atoms with E-state index in [9.17, 15) is 0 Å². The van der Waals surface area contributed by atoms with Gasteiger partial charge in [0.25, 0.3) is 0 Å². The number of rotatable bonds is 4. The molecule has 1 aromatic carbocycles. The summed E-state index contributed by atoms with van der Waals surface area (Å²) < 4.78 is 0. The van der Waals surface area contributed by atoms with Crippen molar-refractivity contribution >= 4 is 11.6 Å². The second-order valence-electron chi connectivity index (χ2n) is 5.87. The van der Waals surface area contributed by atoms with Crippen LogP contribution in [0.4, 0.5) is 0 Å². The third-order valence-corrected chi connectivity index (χ3v) is 5.22. The highest BCUT2D eigenvalue weighted by Crippen LogP contribution is 2.43. The summed E-state index contributed by atoms with van der Waals surface area (Å²) in [6.45, 7) is 6.14. The van der Waals surface area contributed by atoms with Crippen LogP contribution in [0.25, 0.3) is 0 Å². The van der Waals surface area contributed by atoms with Crippen LogP contribution in [-0.4, -0.2) is 36.1 Å². The molecule has 0 spiro atoms. The molecular formula is C18H22ClN3. The molecule has 3 rings (SSSR count). The van der Waals surface area contributed by atoms with E-state index in [0.717, 1.165) is 37.4 Å². The zero-order valence-corrected chi connectivity index (χ0v) is 13.6. The average Bonchev–Trinajstić information content (AvgIpc) is 2.62. The molecule has 0 amide bonds. The minimum atomic E-state index is -0.327. The lowest BCUT2D eigenvalue weighted by Crippen LogP contribution is -2.55. The summed E-state index contributed by atoms with van der Waals surface area (Å²) in [6, 6.07) is 16.4. The maximum absolute atomic E-state index is 6.98.